The van der Waals surface area contributed by atoms with Gasteiger partial charge in [0.15, 0.2) is 0 Å². The van der Waals surface area contributed by atoms with Gasteiger partial charge in [-0.3, -0.25) is 0 Å². The van der Waals surface area contributed by atoms with Gasteiger partial charge >= 0.3 is 25.0 Å². The maximum absolute atomic E-state index is 0. The van der Waals surface area contributed by atoms with Crippen LogP contribution in [0.1, 0.15) is 0 Å². The van der Waals surface area contributed by atoms with Gasteiger partial charge in [-0.2, -0.15) is 0 Å². The molecule has 0 amide bonds. The molecule has 0 aliphatic carbocycles. The van der Waals surface area contributed by atoms with Crippen LogP contribution in [0.15, 0.2) is 0 Å². The largest absolute Gasteiger partial charge is 3.00 e. The SMILES string of the molecule is [BH4-].[BH4-].[BH4-].[BH4-].[Li+].[N+3]. The minimum Gasteiger partial charge on any atom is -0.0626 e. The van der Waals surface area contributed by atoms with Gasteiger partial charge in [0, 0.05) is 0 Å². The molecule has 0 spiro atoms. The summed E-state index contributed by atoms with van der Waals surface area (Å²) < 4.78 is 0. The average Bonchev–Trinajstić information content (AvgIpc) is 0. The molecular formula is H16B4LiN. The Bertz CT molecular complexity index is 7.51. The van der Waals surface area contributed by atoms with Crippen LogP contribution in [0, 0.1) is 0 Å². The standard InChI is InChI=1S/4BH4.Li.N/h4*1H4;;/q4*-1;+1;+3. The summed E-state index contributed by atoms with van der Waals surface area (Å²) in [6.07, 6.45) is 0. The van der Waals surface area contributed by atoms with E-state index in [-0.39, 0.29) is 58.7 Å². The molecule has 0 rings (SSSR count). The number of hydrogen-bond donors (Lipinski definition) is 0. The fourth-order valence-corrected chi connectivity index (χ4v) is 0. The Kier molecular flexibility index (Phi) is 38100. The molecule has 0 unspecified atom stereocenters. The Morgan fingerprint density at radius 2 is 0.500 bits per heavy atom. The van der Waals surface area contributed by atoms with Gasteiger partial charge in [-0.1, -0.05) is 33.7 Å². The molecule has 6 heteroatoms. The Morgan fingerprint density at radius 3 is 0.500 bits per heavy atom. The van der Waals surface area contributed by atoms with Gasteiger partial charge in [0.2, 0.25) is 0 Å². The minimum absolute atomic E-state index is 0. The molecule has 0 saturated carbocycles. The van der Waals surface area contributed by atoms with E-state index in [1.807, 2.05) is 0 Å². The molecule has 0 atom stereocenters. The van der Waals surface area contributed by atoms with E-state index in [0.29, 0.717) is 0 Å². The predicted octanol–water partition coefficient (Wildman–Crippen LogP) is -9.28. The Balaban J connectivity index is 0. The molecular weight excluding hydrogens is 64.2 g/mol. The average molecular weight is 80.3 g/mol. The van der Waals surface area contributed by atoms with Gasteiger partial charge in [-0.05, 0) is 0 Å². The van der Waals surface area contributed by atoms with Crippen molar-refractivity contribution in [2.24, 2.45) is 0 Å². The first-order chi connectivity index (χ1) is 0. The zero-order chi connectivity index (χ0) is 0. The van der Waals surface area contributed by atoms with Crippen LogP contribution in [0.5, 0.6) is 0 Å². The molecule has 2 radical (unpaired) electrons. The molecule has 0 heterocycles. The molecule has 6 heavy (non-hydrogen) atoms. The predicted molar refractivity (Wildman–Crippen MR) is 47.5 cm³/mol. The first-order valence-electron chi connectivity index (χ1n) is 0. The van der Waals surface area contributed by atoms with E-state index < -0.39 is 0 Å². The van der Waals surface area contributed by atoms with Crippen LogP contribution in [0.3, 0.4) is 0 Å². The molecule has 0 aromatic rings. The fraction of sp³-hybridized carbons (Fsp3) is 0. The normalized spacial score (nSPS) is 0. The van der Waals surface area contributed by atoms with Crippen molar-refractivity contribution in [2.45, 2.75) is 0 Å². The van der Waals surface area contributed by atoms with E-state index in [4.69, 9.17) is 0 Å². The first-order valence-corrected chi connectivity index (χ1v) is 0. The smallest absolute Gasteiger partial charge is 0.0626 e. The fourth-order valence-electron chi connectivity index (χ4n) is 0. The van der Waals surface area contributed by atoms with Crippen LogP contribution in [-0.4, -0.2) is 33.7 Å². The molecule has 0 bridgehead atoms. The summed E-state index contributed by atoms with van der Waals surface area (Å²) in [6.45, 7) is 0. The molecule has 0 aliphatic heterocycles. The van der Waals surface area contributed by atoms with E-state index in [9.17, 15) is 0 Å². The first kappa shape index (κ1) is 633. The van der Waals surface area contributed by atoms with E-state index >= 15 is 0 Å². The van der Waals surface area contributed by atoms with Crippen LogP contribution in [0.25, 0.3) is 0 Å². The van der Waals surface area contributed by atoms with Gasteiger partial charge in [-0.15, -0.1) is 0 Å². The third-order valence-electron chi connectivity index (χ3n) is 0. The second kappa shape index (κ2) is 361. The van der Waals surface area contributed by atoms with E-state index in [0.717, 1.165) is 0 Å². The van der Waals surface area contributed by atoms with Crippen molar-refractivity contribution in [1.29, 1.82) is 0 Å². The van der Waals surface area contributed by atoms with Gasteiger partial charge in [-0.25, -0.2) is 0 Å². The van der Waals surface area contributed by atoms with Crippen molar-refractivity contribution < 1.29 is 18.9 Å². The maximum Gasteiger partial charge on any atom is 3.00 e. The summed E-state index contributed by atoms with van der Waals surface area (Å²) in [4.78, 5) is 0. The number of nitrogens with zero attached hydrogens (tertiary/aromatic N) is 1. The molecule has 0 aromatic heterocycles. The Labute approximate surface area is 59.1 Å². The Hall–Kier alpha value is 0.567. The zero-order valence-electron chi connectivity index (χ0n) is 1.45. The third kappa shape index (κ3) is 181. The van der Waals surface area contributed by atoms with Crippen molar-refractivity contribution >= 4 is 33.7 Å². The van der Waals surface area contributed by atoms with Gasteiger partial charge in [0.05, 0.1) is 0 Å². The van der Waals surface area contributed by atoms with Crippen LogP contribution in [0.4, 0.5) is 0 Å². The van der Waals surface area contributed by atoms with E-state index in [2.05, 4.69) is 0 Å². The van der Waals surface area contributed by atoms with Crippen LogP contribution in [0.2, 0.25) is 0 Å². The zero-order valence-corrected chi connectivity index (χ0v) is 1.45. The summed E-state index contributed by atoms with van der Waals surface area (Å²) in [5.74, 6) is 0. The monoisotopic (exact) mass is 81.2 g/mol. The van der Waals surface area contributed by atoms with E-state index in [1.165, 1.54) is 0 Å². The molecule has 0 N–H and O–H groups in total. The van der Waals surface area contributed by atoms with Crippen molar-refractivity contribution in [1.82, 2.24) is 6.15 Å². The summed E-state index contributed by atoms with van der Waals surface area (Å²) in [5, 5.41) is 0. The number of rotatable bonds is 0. The Morgan fingerprint density at radius 1 is 0.500 bits per heavy atom. The molecule has 0 aliphatic rings. The molecule has 0 fully saturated rings. The quantitative estimate of drug-likeness (QED) is 0.259. The summed E-state index contributed by atoms with van der Waals surface area (Å²) >= 11 is 0. The van der Waals surface area contributed by atoms with Crippen molar-refractivity contribution in [3.8, 4) is 0 Å². The van der Waals surface area contributed by atoms with Crippen molar-refractivity contribution in [3.63, 3.8) is 0 Å². The topological polar surface area (TPSA) is 30.5 Å². The van der Waals surface area contributed by atoms with Gasteiger partial charge in [0.1, 0.15) is 0 Å². The number of hydrogen-bond acceptors (Lipinski definition) is 0. The van der Waals surface area contributed by atoms with E-state index in [1.54, 1.807) is 0 Å². The minimum atomic E-state index is 0. The molecule has 0 saturated heterocycles. The second-order valence-corrected chi connectivity index (χ2v) is 0. The third-order valence-corrected chi connectivity index (χ3v) is 0. The summed E-state index contributed by atoms with van der Waals surface area (Å²) in [7, 11) is 0. The van der Waals surface area contributed by atoms with Crippen LogP contribution >= 0.6 is 0 Å². The summed E-state index contributed by atoms with van der Waals surface area (Å²) in [6, 6.07) is 0. The van der Waals surface area contributed by atoms with Crippen molar-refractivity contribution in [2.75, 3.05) is 0 Å². The van der Waals surface area contributed by atoms with Gasteiger partial charge in [0.25, 0.3) is 0 Å². The van der Waals surface area contributed by atoms with Gasteiger partial charge < -0.3 is 0 Å². The molecule has 1 nitrogen and oxygen atoms in total. The molecule has 34 valence electrons. The second-order valence-electron chi connectivity index (χ2n) is 0. The molecule has 0 aromatic carbocycles. The van der Waals surface area contributed by atoms with Crippen molar-refractivity contribution in [3.05, 3.63) is 0 Å². The van der Waals surface area contributed by atoms with Crippen LogP contribution in [-0.2, 0) is 0 Å². The summed E-state index contributed by atoms with van der Waals surface area (Å²) in [5.41, 5.74) is 0. The maximum atomic E-state index is 0. The van der Waals surface area contributed by atoms with Crippen LogP contribution < -0.4 is 25.0 Å².